The van der Waals surface area contributed by atoms with E-state index in [1.54, 1.807) is 19.2 Å². The quantitative estimate of drug-likeness (QED) is 0.653. The summed E-state index contributed by atoms with van der Waals surface area (Å²) in [6.45, 7) is 2.18. The molecule has 1 saturated carbocycles. The molecule has 3 rings (SSSR count). The molecule has 0 aromatic heterocycles. The molecule has 0 atom stereocenters. The number of nitrogens with one attached hydrogen (secondary N) is 2. The number of hydrogen-bond donors (Lipinski definition) is 2. The van der Waals surface area contributed by atoms with Crippen molar-refractivity contribution in [3.8, 4) is 0 Å². The third-order valence-corrected chi connectivity index (χ3v) is 5.40. The molecule has 0 radical (unpaired) electrons. The highest BCUT2D eigenvalue weighted by Crippen LogP contribution is 2.43. The molecule has 1 spiro atoms. The fraction of sp³-hybridized carbons (Fsp3) is 0.579. The summed E-state index contributed by atoms with van der Waals surface area (Å²) in [6.07, 6.45) is 7.87. The number of carbonyl (C=O) groups excluding carboxylic acids is 1. The highest BCUT2D eigenvalue weighted by molar-refractivity contribution is 5.95. The first kappa shape index (κ1) is 17.7. The molecule has 6 heteroatoms. The highest BCUT2D eigenvalue weighted by Gasteiger charge is 2.39. The summed E-state index contributed by atoms with van der Waals surface area (Å²) >= 11 is 0. The van der Waals surface area contributed by atoms with Crippen molar-refractivity contribution < 1.29 is 9.18 Å². The molecular weight excluding hydrogens is 319 g/mol. The smallest absolute Gasteiger partial charge is 0.243 e. The average molecular weight is 346 g/mol. The molecule has 1 aromatic rings. The van der Waals surface area contributed by atoms with Crippen LogP contribution in [0.15, 0.2) is 29.3 Å². The van der Waals surface area contributed by atoms with Crippen LogP contribution in [0.3, 0.4) is 0 Å². The number of anilines is 1. The maximum Gasteiger partial charge on any atom is 0.243 e. The van der Waals surface area contributed by atoms with Gasteiger partial charge in [-0.1, -0.05) is 19.3 Å². The van der Waals surface area contributed by atoms with Crippen LogP contribution in [0.5, 0.6) is 0 Å². The Bertz CT molecular complexity index is 623. The zero-order valence-electron chi connectivity index (χ0n) is 14.9. The Labute approximate surface area is 148 Å². The van der Waals surface area contributed by atoms with Crippen molar-refractivity contribution in [2.75, 3.05) is 32.0 Å². The largest absolute Gasteiger partial charge is 0.347 e. The molecule has 1 amide bonds. The fourth-order valence-corrected chi connectivity index (χ4v) is 4.06. The lowest BCUT2D eigenvalue weighted by molar-refractivity contribution is -0.115. The van der Waals surface area contributed by atoms with E-state index < -0.39 is 0 Å². The van der Waals surface area contributed by atoms with Crippen LogP contribution in [-0.4, -0.2) is 43.4 Å². The van der Waals surface area contributed by atoms with Crippen LogP contribution >= 0.6 is 0 Å². The maximum absolute atomic E-state index is 12.9. The van der Waals surface area contributed by atoms with Crippen molar-refractivity contribution in [3.63, 3.8) is 0 Å². The van der Waals surface area contributed by atoms with Crippen molar-refractivity contribution in [2.45, 2.75) is 38.5 Å². The molecule has 1 heterocycles. The molecule has 25 heavy (non-hydrogen) atoms. The van der Waals surface area contributed by atoms with E-state index in [2.05, 4.69) is 20.5 Å². The predicted octanol–water partition coefficient (Wildman–Crippen LogP) is 3.00. The van der Waals surface area contributed by atoms with E-state index in [1.165, 1.54) is 50.7 Å². The predicted molar refractivity (Wildman–Crippen MR) is 98.1 cm³/mol. The second-order valence-electron chi connectivity index (χ2n) is 7.19. The Balaban J connectivity index is 1.49. The highest BCUT2D eigenvalue weighted by atomic mass is 19.1. The SMILES string of the molecule is CN=C(NCC(=O)Nc1ccc(F)cc1)N1CCC2(CCCCC2)C1. The van der Waals surface area contributed by atoms with E-state index in [1.807, 2.05) is 0 Å². The van der Waals surface area contributed by atoms with E-state index >= 15 is 0 Å². The molecule has 1 aliphatic heterocycles. The van der Waals surface area contributed by atoms with Gasteiger partial charge >= 0.3 is 0 Å². The van der Waals surface area contributed by atoms with Crippen LogP contribution < -0.4 is 10.6 Å². The monoisotopic (exact) mass is 346 g/mol. The van der Waals surface area contributed by atoms with E-state index in [0.29, 0.717) is 11.1 Å². The number of hydrogen-bond acceptors (Lipinski definition) is 2. The van der Waals surface area contributed by atoms with Gasteiger partial charge in [0, 0.05) is 25.8 Å². The summed E-state index contributed by atoms with van der Waals surface area (Å²) in [5.41, 5.74) is 1.04. The average Bonchev–Trinajstić information content (AvgIpc) is 3.01. The molecule has 2 fully saturated rings. The molecule has 1 aliphatic carbocycles. The second-order valence-corrected chi connectivity index (χ2v) is 7.19. The minimum absolute atomic E-state index is 0.146. The minimum Gasteiger partial charge on any atom is -0.347 e. The third kappa shape index (κ3) is 4.50. The normalized spacial score (nSPS) is 19.9. The van der Waals surface area contributed by atoms with Gasteiger partial charge in [0.2, 0.25) is 5.91 Å². The Morgan fingerprint density at radius 1 is 1.20 bits per heavy atom. The Hall–Kier alpha value is -2.11. The van der Waals surface area contributed by atoms with E-state index in [-0.39, 0.29) is 18.3 Å². The van der Waals surface area contributed by atoms with Gasteiger partial charge in [-0.2, -0.15) is 0 Å². The Kier molecular flexibility index (Phi) is 5.56. The first-order chi connectivity index (χ1) is 12.1. The van der Waals surface area contributed by atoms with Gasteiger partial charge in [0.1, 0.15) is 5.82 Å². The van der Waals surface area contributed by atoms with Crippen molar-refractivity contribution in [3.05, 3.63) is 30.1 Å². The van der Waals surface area contributed by atoms with Crippen molar-refractivity contribution >= 4 is 17.6 Å². The van der Waals surface area contributed by atoms with Gasteiger partial charge in [-0.3, -0.25) is 9.79 Å². The van der Waals surface area contributed by atoms with Crippen LogP contribution in [-0.2, 0) is 4.79 Å². The van der Waals surface area contributed by atoms with Gasteiger partial charge in [0.05, 0.1) is 6.54 Å². The summed E-state index contributed by atoms with van der Waals surface area (Å²) in [7, 11) is 1.76. The molecule has 0 unspecified atom stereocenters. The molecule has 5 nitrogen and oxygen atoms in total. The van der Waals surface area contributed by atoms with Gasteiger partial charge in [0.15, 0.2) is 5.96 Å². The van der Waals surface area contributed by atoms with Crippen LogP contribution in [0, 0.1) is 11.2 Å². The molecule has 1 aromatic carbocycles. The van der Waals surface area contributed by atoms with Gasteiger partial charge < -0.3 is 15.5 Å². The maximum atomic E-state index is 12.9. The van der Waals surface area contributed by atoms with E-state index in [9.17, 15) is 9.18 Å². The number of benzene rings is 1. The van der Waals surface area contributed by atoms with Crippen LogP contribution in [0.2, 0.25) is 0 Å². The first-order valence-corrected chi connectivity index (χ1v) is 9.11. The first-order valence-electron chi connectivity index (χ1n) is 9.11. The number of amides is 1. The van der Waals surface area contributed by atoms with Gasteiger partial charge in [0.25, 0.3) is 0 Å². The van der Waals surface area contributed by atoms with Crippen molar-refractivity contribution in [2.24, 2.45) is 10.4 Å². The summed E-state index contributed by atoms with van der Waals surface area (Å²) in [5, 5.41) is 5.91. The van der Waals surface area contributed by atoms with Crippen molar-refractivity contribution in [1.82, 2.24) is 10.2 Å². The number of nitrogens with zero attached hydrogens (tertiary/aromatic N) is 2. The number of rotatable bonds is 3. The number of likely N-dealkylation sites (tertiary alicyclic amines) is 1. The minimum atomic E-state index is -0.317. The van der Waals surface area contributed by atoms with Crippen LogP contribution in [0.25, 0.3) is 0 Å². The van der Waals surface area contributed by atoms with Gasteiger partial charge in [-0.05, 0) is 48.9 Å². The lowest BCUT2D eigenvalue weighted by Crippen LogP contribution is -2.44. The van der Waals surface area contributed by atoms with Gasteiger partial charge in [-0.25, -0.2) is 4.39 Å². The van der Waals surface area contributed by atoms with Crippen LogP contribution in [0.4, 0.5) is 10.1 Å². The Morgan fingerprint density at radius 2 is 1.92 bits per heavy atom. The number of carbonyl (C=O) groups is 1. The fourth-order valence-electron chi connectivity index (χ4n) is 4.06. The zero-order valence-corrected chi connectivity index (χ0v) is 14.9. The summed E-state index contributed by atoms with van der Waals surface area (Å²) in [6, 6.07) is 5.76. The summed E-state index contributed by atoms with van der Waals surface area (Å²) in [5.74, 6) is 0.304. The second kappa shape index (κ2) is 7.85. The van der Waals surface area contributed by atoms with Crippen LogP contribution in [0.1, 0.15) is 38.5 Å². The molecule has 2 N–H and O–H groups in total. The summed E-state index contributed by atoms with van der Waals surface area (Å²) < 4.78 is 12.9. The lowest BCUT2D eigenvalue weighted by Gasteiger charge is -2.33. The summed E-state index contributed by atoms with van der Waals surface area (Å²) in [4.78, 5) is 18.7. The standard InChI is InChI=1S/C19H27FN4O/c1-21-18(24-12-11-19(14-24)9-3-2-4-10-19)22-13-17(25)23-16-7-5-15(20)6-8-16/h5-8H,2-4,9-14H2,1H3,(H,21,22)(H,23,25). The number of guanidine groups is 1. The zero-order chi connectivity index (χ0) is 17.7. The molecule has 0 bridgehead atoms. The van der Waals surface area contributed by atoms with Crippen molar-refractivity contribution in [1.29, 1.82) is 0 Å². The Morgan fingerprint density at radius 3 is 2.60 bits per heavy atom. The molecular formula is C19H27FN4O. The lowest BCUT2D eigenvalue weighted by atomic mass is 9.73. The third-order valence-electron chi connectivity index (χ3n) is 5.40. The molecule has 136 valence electrons. The number of halogens is 1. The molecule has 1 saturated heterocycles. The topological polar surface area (TPSA) is 56.7 Å². The van der Waals surface area contributed by atoms with E-state index in [4.69, 9.17) is 0 Å². The van der Waals surface area contributed by atoms with Gasteiger partial charge in [-0.15, -0.1) is 0 Å². The molecule has 2 aliphatic rings. The number of aliphatic imine (C=N–C) groups is 1. The van der Waals surface area contributed by atoms with E-state index in [0.717, 1.165) is 19.0 Å².